The molecule has 0 aliphatic rings. The lowest BCUT2D eigenvalue weighted by Crippen LogP contribution is -2.26. The van der Waals surface area contributed by atoms with Crippen LogP contribution in [-0.2, 0) is 4.79 Å². The summed E-state index contributed by atoms with van der Waals surface area (Å²) in [6, 6.07) is 7.62. The van der Waals surface area contributed by atoms with Gasteiger partial charge in [0.05, 0.1) is 6.61 Å². The minimum atomic E-state index is -0.115. The summed E-state index contributed by atoms with van der Waals surface area (Å²) in [4.78, 5) is 13.6. The van der Waals surface area contributed by atoms with E-state index in [-0.39, 0.29) is 12.5 Å². The van der Waals surface area contributed by atoms with Gasteiger partial charge in [-0.1, -0.05) is 5.57 Å². The molecule has 0 fully saturated rings. The number of aliphatic hydroxyl groups is 1. The SMILES string of the molecule is CCN(CCO)c1ccc(NC(=O)C=C(C)C)cc1. The Morgan fingerprint density at radius 1 is 1.32 bits per heavy atom. The molecule has 2 N–H and O–H groups in total. The van der Waals surface area contributed by atoms with Gasteiger partial charge in [-0.2, -0.15) is 0 Å². The highest BCUT2D eigenvalue weighted by Crippen LogP contribution is 2.17. The van der Waals surface area contributed by atoms with E-state index in [0.717, 1.165) is 23.5 Å². The molecule has 4 heteroatoms. The van der Waals surface area contributed by atoms with Crippen molar-refractivity contribution in [2.24, 2.45) is 0 Å². The van der Waals surface area contributed by atoms with Crippen LogP contribution in [0.2, 0.25) is 0 Å². The average Bonchev–Trinajstić information content (AvgIpc) is 2.36. The van der Waals surface area contributed by atoms with Crippen molar-refractivity contribution in [3.8, 4) is 0 Å². The van der Waals surface area contributed by atoms with Gasteiger partial charge in [0.2, 0.25) is 5.91 Å². The number of aliphatic hydroxyl groups excluding tert-OH is 1. The van der Waals surface area contributed by atoms with E-state index in [1.165, 1.54) is 0 Å². The van der Waals surface area contributed by atoms with Crippen LogP contribution >= 0.6 is 0 Å². The van der Waals surface area contributed by atoms with E-state index < -0.39 is 0 Å². The molecule has 0 radical (unpaired) electrons. The maximum atomic E-state index is 11.6. The lowest BCUT2D eigenvalue weighted by molar-refractivity contribution is -0.111. The Labute approximate surface area is 114 Å². The summed E-state index contributed by atoms with van der Waals surface area (Å²) in [6.07, 6.45) is 1.57. The molecular formula is C15H22N2O2. The zero-order valence-corrected chi connectivity index (χ0v) is 11.8. The number of nitrogens with zero attached hydrogens (tertiary/aromatic N) is 1. The number of nitrogens with one attached hydrogen (secondary N) is 1. The number of amides is 1. The smallest absolute Gasteiger partial charge is 0.248 e. The van der Waals surface area contributed by atoms with Gasteiger partial charge in [-0.15, -0.1) is 0 Å². The summed E-state index contributed by atoms with van der Waals surface area (Å²) in [5, 5.41) is 11.8. The Kier molecular flexibility index (Phi) is 6.09. The monoisotopic (exact) mass is 262 g/mol. The zero-order valence-electron chi connectivity index (χ0n) is 11.8. The first-order valence-electron chi connectivity index (χ1n) is 6.48. The molecule has 104 valence electrons. The van der Waals surface area contributed by atoms with Crippen LogP contribution < -0.4 is 10.2 Å². The highest BCUT2D eigenvalue weighted by atomic mass is 16.3. The number of hydrogen-bond donors (Lipinski definition) is 2. The fourth-order valence-corrected chi connectivity index (χ4v) is 1.79. The lowest BCUT2D eigenvalue weighted by Gasteiger charge is -2.22. The number of benzene rings is 1. The highest BCUT2D eigenvalue weighted by molar-refractivity contribution is 5.99. The van der Waals surface area contributed by atoms with Gasteiger partial charge in [0.1, 0.15) is 0 Å². The van der Waals surface area contributed by atoms with E-state index in [4.69, 9.17) is 5.11 Å². The molecule has 0 atom stereocenters. The molecule has 0 aromatic heterocycles. The maximum absolute atomic E-state index is 11.6. The van der Waals surface area contributed by atoms with E-state index >= 15 is 0 Å². The quantitative estimate of drug-likeness (QED) is 0.774. The minimum Gasteiger partial charge on any atom is -0.395 e. The number of carbonyl (C=O) groups is 1. The third-order valence-electron chi connectivity index (χ3n) is 2.67. The maximum Gasteiger partial charge on any atom is 0.248 e. The number of anilines is 2. The highest BCUT2D eigenvalue weighted by Gasteiger charge is 2.04. The molecule has 0 heterocycles. The third-order valence-corrected chi connectivity index (χ3v) is 2.67. The fourth-order valence-electron chi connectivity index (χ4n) is 1.79. The largest absolute Gasteiger partial charge is 0.395 e. The molecule has 4 nitrogen and oxygen atoms in total. The summed E-state index contributed by atoms with van der Waals surface area (Å²) in [5.74, 6) is -0.115. The zero-order chi connectivity index (χ0) is 14.3. The summed E-state index contributed by atoms with van der Waals surface area (Å²) >= 11 is 0. The minimum absolute atomic E-state index is 0.115. The molecule has 0 bridgehead atoms. The second kappa shape index (κ2) is 7.59. The van der Waals surface area contributed by atoms with Crippen molar-refractivity contribution in [3.05, 3.63) is 35.9 Å². The predicted octanol–water partition coefficient (Wildman–Crippen LogP) is 2.41. The van der Waals surface area contributed by atoms with Gasteiger partial charge in [0, 0.05) is 30.5 Å². The predicted molar refractivity (Wildman–Crippen MR) is 79.5 cm³/mol. The van der Waals surface area contributed by atoms with Crippen LogP contribution in [0, 0.1) is 0 Å². The first-order valence-corrected chi connectivity index (χ1v) is 6.48. The van der Waals surface area contributed by atoms with Gasteiger partial charge in [-0.05, 0) is 45.0 Å². The number of likely N-dealkylation sites (N-methyl/N-ethyl adjacent to an activating group) is 1. The van der Waals surface area contributed by atoms with Crippen molar-refractivity contribution >= 4 is 17.3 Å². The van der Waals surface area contributed by atoms with Crippen LogP contribution in [0.3, 0.4) is 0 Å². The molecule has 1 amide bonds. The van der Waals surface area contributed by atoms with Gasteiger partial charge >= 0.3 is 0 Å². The summed E-state index contributed by atoms with van der Waals surface area (Å²) < 4.78 is 0. The Morgan fingerprint density at radius 3 is 2.42 bits per heavy atom. The van der Waals surface area contributed by atoms with E-state index in [2.05, 4.69) is 10.2 Å². The van der Waals surface area contributed by atoms with Crippen LogP contribution in [0.25, 0.3) is 0 Å². The van der Waals surface area contributed by atoms with Crippen LogP contribution in [0.4, 0.5) is 11.4 Å². The van der Waals surface area contributed by atoms with Crippen LogP contribution in [0.5, 0.6) is 0 Å². The summed E-state index contributed by atoms with van der Waals surface area (Å²) in [5.41, 5.74) is 2.78. The molecule has 0 saturated carbocycles. The van der Waals surface area contributed by atoms with Crippen LogP contribution in [-0.4, -0.2) is 30.7 Å². The standard InChI is InChI=1S/C15H22N2O2/c1-4-17(9-10-18)14-7-5-13(6-8-14)16-15(19)11-12(2)3/h5-8,11,18H,4,9-10H2,1-3H3,(H,16,19). The van der Waals surface area contributed by atoms with E-state index in [1.54, 1.807) is 6.08 Å². The summed E-state index contributed by atoms with van der Waals surface area (Å²) in [7, 11) is 0. The van der Waals surface area contributed by atoms with Crippen molar-refractivity contribution in [3.63, 3.8) is 0 Å². The molecule has 0 unspecified atom stereocenters. The van der Waals surface area contributed by atoms with Crippen molar-refractivity contribution < 1.29 is 9.90 Å². The molecule has 0 aliphatic heterocycles. The Morgan fingerprint density at radius 2 is 1.95 bits per heavy atom. The van der Waals surface area contributed by atoms with E-state index in [0.29, 0.717) is 6.54 Å². The second-order valence-electron chi connectivity index (χ2n) is 4.56. The lowest BCUT2D eigenvalue weighted by atomic mass is 10.2. The number of rotatable bonds is 6. The molecule has 0 saturated heterocycles. The van der Waals surface area contributed by atoms with Gasteiger partial charge in [-0.25, -0.2) is 0 Å². The average molecular weight is 262 g/mol. The molecule has 1 aromatic rings. The van der Waals surface area contributed by atoms with Crippen LogP contribution in [0.1, 0.15) is 20.8 Å². The van der Waals surface area contributed by atoms with Gasteiger partial charge in [0.25, 0.3) is 0 Å². The molecule has 0 spiro atoms. The van der Waals surface area contributed by atoms with Crippen LogP contribution in [0.15, 0.2) is 35.9 Å². The van der Waals surface area contributed by atoms with Crippen molar-refractivity contribution in [1.29, 1.82) is 0 Å². The first kappa shape index (κ1) is 15.2. The van der Waals surface area contributed by atoms with E-state index in [1.807, 2.05) is 45.0 Å². The van der Waals surface area contributed by atoms with Crippen molar-refractivity contribution in [2.45, 2.75) is 20.8 Å². The fraction of sp³-hybridized carbons (Fsp3) is 0.400. The molecule has 0 aliphatic carbocycles. The molecule has 1 rings (SSSR count). The Bertz CT molecular complexity index is 434. The Balaban J connectivity index is 2.70. The topological polar surface area (TPSA) is 52.6 Å². The normalized spacial score (nSPS) is 9.89. The first-order chi connectivity index (χ1) is 9.06. The molecule has 19 heavy (non-hydrogen) atoms. The van der Waals surface area contributed by atoms with Gasteiger partial charge in [-0.3, -0.25) is 4.79 Å². The number of carbonyl (C=O) groups excluding carboxylic acids is 1. The van der Waals surface area contributed by atoms with Gasteiger partial charge in [0.15, 0.2) is 0 Å². The molecule has 1 aromatic carbocycles. The van der Waals surface area contributed by atoms with Crippen molar-refractivity contribution in [2.75, 3.05) is 29.9 Å². The van der Waals surface area contributed by atoms with Gasteiger partial charge < -0.3 is 15.3 Å². The molecular weight excluding hydrogens is 240 g/mol. The Hall–Kier alpha value is -1.81. The van der Waals surface area contributed by atoms with E-state index in [9.17, 15) is 4.79 Å². The second-order valence-corrected chi connectivity index (χ2v) is 4.56. The number of allylic oxidation sites excluding steroid dienone is 1. The third kappa shape index (κ3) is 5.14. The van der Waals surface area contributed by atoms with Crippen molar-refractivity contribution in [1.82, 2.24) is 0 Å². The summed E-state index contributed by atoms with van der Waals surface area (Å²) in [6.45, 7) is 7.39. The number of hydrogen-bond acceptors (Lipinski definition) is 3.